The molecule has 0 aliphatic carbocycles. The molecule has 0 aliphatic rings. The highest BCUT2D eigenvalue weighted by atomic mass is 17.3. The van der Waals surface area contributed by atoms with Crippen molar-refractivity contribution < 1.29 is 24.3 Å². The fourth-order valence-electron chi connectivity index (χ4n) is 1.58. The van der Waals surface area contributed by atoms with Gasteiger partial charge in [0.25, 0.3) is 0 Å². The summed E-state index contributed by atoms with van der Waals surface area (Å²) >= 11 is 0. The minimum Gasteiger partial charge on any atom is -0.379 e. The molecule has 0 aliphatic heterocycles. The minimum atomic E-state index is -1.10. The molecule has 0 aromatic carbocycles. The van der Waals surface area contributed by atoms with Crippen LogP contribution in [0.15, 0.2) is 0 Å². The van der Waals surface area contributed by atoms with Crippen molar-refractivity contribution in [2.45, 2.75) is 120 Å². The molecule has 0 saturated heterocycles. The van der Waals surface area contributed by atoms with E-state index in [1.54, 1.807) is 0 Å². The highest BCUT2D eigenvalue weighted by Crippen LogP contribution is 2.38. The van der Waals surface area contributed by atoms with Gasteiger partial charge in [-0.05, 0) is 59.3 Å². The van der Waals surface area contributed by atoms with E-state index in [0.29, 0.717) is 13.0 Å². The molecule has 158 valence electrons. The van der Waals surface area contributed by atoms with Gasteiger partial charge in [-0.25, -0.2) is 9.78 Å². The molecule has 5 nitrogen and oxygen atoms in total. The minimum absolute atomic E-state index is 0.0623. The lowest BCUT2D eigenvalue weighted by atomic mass is 9.79. The Kier molecular flexibility index (Phi) is 8.80. The van der Waals surface area contributed by atoms with Crippen molar-refractivity contribution in [1.82, 2.24) is 0 Å². The Balaban J connectivity index is 5.25. The van der Waals surface area contributed by atoms with E-state index in [1.165, 1.54) is 0 Å². The van der Waals surface area contributed by atoms with Gasteiger partial charge in [0.05, 0.1) is 6.10 Å². The van der Waals surface area contributed by atoms with Gasteiger partial charge in [0.1, 0.15) is 11.2 Å². The van der Waals surface area contributed by atoms with Gasteiger partial charge in [-0.2, -0.15) is 9.78 Å². The molecule has 5 heteroatoms. The summed E-state index contributed by atoms with van der Waals surface area (Å²) in [5, 5.41) is 0. The Morgan fingerprint density at radius 2 is 0.962 bits per heavy atom. The highest BCUT2D eigenvalue weighted by Gasteiger charge is 2.43. The second-order valence-corrected chi connectivity index (χ2v) is 10.5. The zero-order valence-electron chi connectivity index (χ0n) is 19.5. The molecule has 0 aromatic rings. The molecule has 1 unspecified atom stereocenters. The number of hydrogen-bond donors (Lipinski definition) is 0. The monoisotopic (exact) mass is 376 g/mol. The van der Waals surface area contributed by atoms with Crippen molar-refractivity contribution in [3.63, 3.8) is 0 Å². The standard InChI is InChI=1S/C21H44O5/c1-14-22-16(2)15-21(13,25-23-19(9,10)17(3,4)5)26-24-20(11,12)18(6,7)8/h16H,14-15H2,1-13H3. The van der Waals surface area contributed by atoms with Crippen molar-refractivity contribution in [1.29, 1.82) is 0 Å². The summed E-state index contributed by atoms with van der Waals surface area (Å²) in [4.78, 5) is 23.3. The van der Waals surface area contributed by atoms with Crippen LogP contribution in [0, 0.1) is 10.8 Å². The van der Waals surface area contributed by atoms with Crippen LogP contribution in [0.1, 0.15) is 96.4 Å². The molecule has 0 saturated carbocycles. The highest BCUT2D eigenvalue weighted by molar-refractivity contribution is 4.84. The van der Waals surface area contributed by atoms with E-state index < -0.39 is 17.0 Å². The van der Waals surface area contributed by atoms with Gasteiger partial charge in [0.15, 0.2) is 0 Å². The van der Waals surface area contributed by atoms with Gasteiger partial charge in [0.2, 0.25) is 5.79 Å². The van der Waals surface area contributed by atoms with Crippen molar-refractivity contribution in [2.24, 2.45) is 10.8 Å². The molecule has 0 fully saturated rings. The smallest absolute Gasteiger partial charge is 0.233 e. The molecule has 0 spiro atoms. The second kappa shape index (κ2) is 8.87. The van der Waals surface area contributed by atoms with Crippen LogP contribution < -0.4 is 0 Å². The molecule has 26 heavy (non-hydrogen) atoms. The maximum atomic E-state index is 5.83. The summed E-state index contributed by atoms with van der Waals surface area (Å²) in [6.45, 7) is 27.0. The Morgan fingerprint density at radius 1 is 0.615 bits per heavy atom. The van der Waals surface area contributed by atoms with E-state index >= 15 is 0 Å². The van der Waals surface area contributed by atoms with Gasteiger partial charge < -0.3 is 4.74 Å². The SMILES string of the molecule is CCOC(C)CC(C)(OOC(C)(C)C(C)(C)C)OOC(C)(C)C(C)(C)C. The van der Waals surface area contributed by atoms with Crippen LogP contribution in [-0.2, 0) is 24.3 Å². The molecular weight excluding hydrogens is 332 g/mol. The zero-order chi connectivity index (χ0) is 21.0. The second-order valence-electron chi connectivity index (χ2n) is 10.5. The lowest BCUT2D eigenvalue weighted by Gasteiger charge is -2.42. The maximum Gasteiger partial charge on any atom is 0.233 e. The predicted molar refractivity (Wildman–Crippen MR) is 106 cm³/mol. The van der Waals surface area contributed by atoms with E-state index in [2.05, 4.69) is 41.5 Å². The molecule has 0 amide bonds. The Hall–Kier alpha value is -0.200. The molecule has 0 radical (unpaired) electrons. The van der Waals surface area contributed by atoms with E-state index in [1.807, 2.05) is 48.5 Å². The largest absolute Gasteiger partial charge is 0.379 e. The lowest BCUT2D eigenvalue weighted by molar-refractivity contribution is -0.550. The van der Waals surface area contributed by atoms with Crippen molar-refractivity contribution in [3.05, 3.63) is 0 Å². The van der Waals surface area contributed by atoms with Crippen LogP contribution in [0.4, 0.5) is 0 Å². The van der Waals surface area contributed by atoms with Gasteiger partial charge in [0, 0.05) is 13.0 Å². The first-order valence-corrected chi connectivity index (χ1v) is 9.72. The quantitative estimate of drug-likeness (QED) is 0.263. The van der Waals surface area contributed by atoms with E-state index in [0.717, 1.165) is 0 Å². The van der Waals surface area contributed by atoms with Gasteiger partial charge in [-0.1, -0.05) is 41.5 Å². The average Bonchev–Trinajstić information content (AvgIpc) is 2.41. The normalized spacial score (nSPS) is 16.0. The summed E-state index contributed by atoms with van der Waals surface area (Å²) in [7, 11) is 0. The summed E-state index contributed by atoms with van der Waals surface area (Å²) in [6, 6.07) is 0. The van der Waals surface area contributed by atoms with Crippen molar-refractivity contribution in [2.75, 3.05) is 6.61 Å². The lowest BCUT2D eigenvalue weighted by Crippen LogP contribution is -2.47. The van der Waals surface area contributed by atoms with Crippen LogP contribution in [-0.4, -0.2) is 29.7 Å². The Labute approximate surface area is 161 Å². The van der Waals surface area contributed by atoms with Crippen LogP contribution in [0.2, 0.25) is 0 Å². The predicted octanol–water partition coefficient (Wildman–Crippen LogP) is 6.06. The number of ether oxygens (including phenoxy) is 1. The van der Waals surface area contributed by atoms with Gasteiger partial charge >= 0.3 is 0 Å². The zero-order valence-corrected chi connectivity index (χ0v) is 19.5. The first-order valence-electron chi connectivity index (χ1n) is 9.72. The molecule has 0 N–H and O–H groups in total. The van der Waals surface area contributed by atoms with Crippen LogP contribution in [0.5, 0.6) is 0 Å². The topological polar surface area (TPSA) is 46.2 Å². The molecular formula is C21H44O5. The Bertz CT molecular complexity index is 385. The number of rotatable bonds is 10. The number of hydrogen-bond acceptors (Lipinski definition) is 5. The molecule has 0 rings (SSSR count). The molecule has 1 atom stereocenters. The summed E-state index contributed by atoms with van der Waals surface area (Å²) in [5.74, 6) is -1.10. The van der Waals surface area contributed by atoms with Crippen LogP contribution >= 0.6 is 0 Å². The third kappa shape index (κ3) is 7.81. The average molecular weight is 377 g/mol. The van der Waals surface area contributed by atoms with E-state index in [-0.39, 0.29) is 16.9 Å². The van der Waals surface area contributed by atoms with Crippen molar-refractivity contribution >= 4 is 0 Å². The van der Waals surface area contributed by atoms with E-state index in [4.69, 9.17) is 24.3 Å². The van der Waals surface area contributed by atoms with Gasteiger partial charge in [-0.15, -0.1) is 0 Å². The molecule has 0 aromatic heterocycles. The summed E-state index contributed by atoms with van der Waals surface area (Å²) in [6.07, 6.45) is 0.411. The van der Waals surface area contributed by atoms with Gasteiger partial charge in [-0.3, -0.25) is 0 Å². The van der Waals surface area contributed by atoms with E-state index in [9.17, 15) is 0 Å². The third-order valence-corrected chi connectivity index (χ3v) is 5.57. The first-order chi connectivity index (χ1) is 11.4. The van der Waals surface area contributed by atoms with Crippen LogP contribution in [0.25, 0.3) is 0 Å². The van der Waals surface area contributed by atoms with Crippen molar-refractivity contribution in [3.8, 4) is 0 Å². The fraction of sp³-hybridized carbons (Fsp3) is 1.00. The first kappa shape index (κ1) is 25.8. The summed E-state index contributed by atoms with van der Waals surface area (Å²) < 4.78 is 5.66. The van der Waals surface area contributed by atoms with Crippen LogP contribution in [0.3, 0.4) is 0 Å². The summed E-state index contributed by atoms with van der Waals surface area (Å²) in [5.41, 5.74) is -1.23. The molecule has 0 heterocycles. The fourth-order valence-corrected chi connectivity index (χ4v) is 1.58. The third-order valence-electron chi connectivity index (χ3n) is 5.57. The molecule has 0 bridgehead atoms. The maximum absolute atomic E-state index is 5.83. The Morgan fingerprint density at radius 3 is 1.23 bits per heavy atom.